The minimum atomic E-state index is 0.844. The Morgan fingerprint density at radius 3 is 2.89 bits per heavy atom. The molecule has 98 valence electrons. The van der Waals surface area contributed by atoms with Crippen LogP contribution in [0.15, 0.2) is 24.8 Å². The molecule has 0 spiro atoms. The molecule has 0 bridgehead atoms. The zero-order valence-electron chi connectivity index (χ0n) is 11.1. The Labute approximate surface area is 108 Å². The molecule has 2 aromatic rings. The molecule has 0 aliphatic heterocycles. The monoisotopic (exact) mass is 247 g/mol. The normalized spacial score (nSPS) is 11.5. The van der Waals surface area contributed by atoms with Gasteiger partial charge in [-0.1, -0.05) is 13.8 Å². The van der Waals surface area contributed by atoms with E-state index < -0.39 is 0 Å². The van der Waals surface area contributed by atoms with E-state index in [4.69, 9.17) is 0 Å². The van der Waals surface area contributed by atoms with E-state index in [1.165, 1.54) is 5.56 Å². The molecule has 2 aromatic heterocycles. The van der Waals surface area contributed by atoms with Gasteiger partial charge in [0.05, 0.1) is 17.9 Å². The standard InChI is InChI=1S/C13H21N5/c1-3-17(4-2)7-5-14-9-12-10-16-18-8-6-15-11-13(12)18/h6,8,10-11,14H,3-5,7,9H2,1-2H3. The highest BCUT2D eigenvalue weighted by molar-refractivity contribution is 5.51. The van der Waals surface area contributed by atoms with Gasteiger partial charge in [-0.05, 0) is 13.1 Å². The van der Waals surface area contributed by atoms with Crippen molar-refractivity contribution in [3.05, 3.63) is 30.4 Å². The van der Waals surface area contributed by atoms with Crippen LogP contribution in [-0.2, 0) is 6.54 Å². The van der Waals surface area contributed by atoms with Crippen LogP contribution < -0.4 is 5.32 Å². The second-order valence-electron chi connectivity index (χ2n) is 4.28. The van der Waals surface area contributed by atoms with Crippen molar-refractivity contribution in [3.63, 3.8) is 0 Å². The van der Waals surface area contributed by atoms with Crippen molar-refractivity contribution in [3.8, 4) is 0 Å². The van der Waals surface area contributed by atoms with Crippen LogP contribution in [0.2, 0.25) is 0 Å². The maximum absolute atomic E-state index is 4.29. The quantitative estimate of drug-likeness (QED) is 0.746. The molecule has 0 atom stereocenters. The van der Waals surface area contributed by atoms with Gasteiger partial charge in [-0.15, -0.1) is 0 Å². The van der Waals surface area contributed by atoms with Gasteiger partial charge in [-0.3, -0.25) is 4.98 Å². The van der Waals surface area contributed by atoms with Gasteiger partial charge < -0.3 is 10.2 Å². The number of hydrogen-bond acceptors (Lipinski definition) is 4. The topological polar surface area (TPSA) is 45.5 Å². The molecule has 0 saturated carbocycles. The van der Waals surface area contributed by atoms with Gasteiger partial charge >= 0.3 is 0 Å². The van der Waals surface area contributed by atoms with Crippen molar-refractivity contribution in [2.75, 3.05) is 26.2 Å². The third-order valence-corrected chi connectivity index (χ3v) is 3.22. The molecular weight excluding hydrogens is 226 g/mol. The van der Waals surface area contributed by atoms with Gasteiger partial charge in [0, 0.05) is 37.6 Å². The molecule has 0 aliphatic rings. The number of nitrogens with one attached hydrogen (secondary N) is 1. The molecule has 5 heteroatoms. The van der Waals surface area contributed by atoms with Crippen LogP contribution in [0.25, 0.3) is 5.52 Å². The molecule has 1 N–H and O–H groups in total. The largest absolute Gasteiger partial charge is 0.311 e. The Balaban J connectivity index is 1.83. The maximum Gasteiger partial charge on any atom is 0.0889 e. The number of aromatic nitrogens is 3. The average Bonchev–Trinajstić information content (AvgIpc) is 2.82. The van der Waals surface area contributed by atoms with Crippen molar-refractivity contribution in [1.82, 2.24) is 24.8 Å². The smallest absolute Gasteiger partial charge is 0.0889 e. The summed E-state index contributed by atoms with van der Waals surface area (Å²) in [5.74, 6) is 0. The predicted molar refractivity (Wildman–Crippen MR) is 72.5 cm³/mol. The van der Waals surface area contributed by atoms with Crippen molar-refractivity contribution in [2.24, 2.45) is 0 Å². The van der Waals surface area contributed by atoms with E-state index >= 15 is 0 Å². The van der Waals surface area contributed by atoms with E-state index in [2.05, 4.69) is 34.1 Å². The van der Waals surface area contributed by atoms with E-state index in [9.17, 15) is 0 Å². The van der Waals surface area contributed by atoms with Gasteiger partial charge in [-0.25, -0.2) is 4.52 Å². The highest BCUT2D eigenvalue weighted by Crippen LogP contribution is 2.07. The molecule has 0 aromatic carbocycles. The Kier molecular flexibility index (Phi) is 4.66. The molecule has 0 saturated heterocycles. The van der Waals surface area contributed by atoms with Gasteiger partial charge in [0.1, 0.15) is 0 Å². The highest BCUT2D eigenvalue weighted by Gasteiger charge is 2.03. The summed E-state index contributed by atoms with van der Waals surface area (Å²) in [6.45, 7) is 9.54. The maximum atomic E-state index is 4.29. The van der Waals surface area contributed by atoms with E-state index in [0.717, 1.165) is 38.2 Å². The highest BCUT2D eigenvalue weighted by atomic mass is 15.2. The van der Waals surface area contributed by atoms with Gasteiger partial charge in [0.15, 0.2) is 0 Å². The SMILES string of the molecule is CCN(CC)CCNCc1cnn2ccncc12. The zero-order chi connectivity index (χ0) is 12.8. The van der Waals surface area contributed by atoms with Crippen molar-refractivity contribution < 1.29 is 0 Å². The summed E-state index contributed by atoms with van der Waals surface area (Å²) in [4.78, 5) is 6.54. The van der Waals surface area contributed by atoms with Crippen molar-refractivity contribution in [2.45, 2.75) is 20.4 Å². The lowest BCUT2D eigenvalue weighted by Gasteiger charge is -2.17. The van der Waals surface area contributed by atoms with E-state index in [-0.39, 0.29) is 0 Å². The van der Waals surface area contributed by atoms with Crippen LogP contribution in [-0.4, -0.2) is 45.7 Å². The van der Waals surface area contributed by atoms with Crippen molar-refractivity contribution >= 4 is 5.52 Å². The summed E-state index contributed by atoms with van der Waals surface area (Å²) in [6, 6.07) is 0. The molecule has 0 fully saturated rings. The third-order valence-electron chi connectivity index (χ3n) is 3.22. The van der Waals surface area contributed by atoms with E-state index in [0.29, 0.717) is 0 Å². The predicted octanol–water partition coefficient (Wildman–Crippen LogP) is 1.16. The number of fused-ring (bicyclic) bond motifs is 1. The molecular formula is C13H21N5. The van der Waals surface area contributed by atoms with Gasteiger partial charge in [0.25, 0.3) is 0 Å². The Morgan fingerprint density at radius 2 is 2.11 bits per heavy atom. The lowest BCUT2D eigenvalue weighted by atomic mass is 10.3. The zero-order valence-corrected chi connectivity index (χ0v) is 11.1. The Hall–Kier alpha value is -1.46. The summed E-state index contributed by atoms with van der Waals surface area (Å²) in [6.07, 6.45) is 7.38. The fourth-order valence-electron chi connectivity index (χ4n) is 2.02. The molecule has 0 radical (unpaired) electrons. The summed E-state index contributed by atoms with van der Waals surface area (Å²) in [7, 11) is 0. The Bertz CT molecular complexity index is 475. The number of hydrogen-bond donors (Lipinski definition) is 1. The first-order valence-corrected chi connectivity index (χ1v) is 6.54. The van der Waals surface area contributed by atoms with Crippen LogP contribution >= 0.6 is 0 Å². The first kappa shape index (κ1) is 13.0. The minimum Gasteiger partial charge on any atom is -0.311 e. The molecule has 0 unspecified atom stereocenters. The van der Waals surface area contributed by atoms with Crippen LogP contribution in [0.1, 0.15) is 19.4 Å². The van der Waals surface area contributed by atoms with Crippen LogP contribution in [0.3, 0.4) is 0 Å². The fraction of sp³-hybridized carbons (Fsp3) is 0.538. The Morgan fingerprint density at radius 1 is 1.28 bits per heavy atom. The summed E-state index contributed by atoms with van der Waals surface area (Å²) in [5.41, 5.74) is 2.27. The summed E-state index contributed by atoms with van der Waals surface area (Å²) < 4.78 is 1.86. The second-order valence-corrected chi connectivity index (χ2v) is 4.28. The number of nitrogens with zero attached hydrogens (tertiary/aromatic N) is 4. The molecule has 2 heterocycles. The summed E-state index contributed by atoms with van der Waals surface area (Å²) in [5, 5.41) is 7.75. The average molecular weight is 247 g/mol. The molecule has 0 amide bonds. The number of rotatable bonds is 7. The third kappa shape index (κ3) is 3.05. The molecule has 5 nitrogen and oxygen atoms in total. The second kappa shape index (κ2) is 6.47. The van der Waals surface area contributed by atoms with Crippen molar-refractivity contribution in [1.29, 1.82) is 0 Å². The summed E-state index contributed by atoms with van der Waals surface area (Å²) >= 11 is 0. The first-order chi connectivity index (χ1) is 8.85. The van der Waals surface area contributed by atoms with Gasteiger partial charge in [-0.2, -0.15) is 5.10 Å². The number of likely N-dealkylation sites (N-methyl/N-ethyl adjacent to an activating group) is 1. The van der Waals surface area contributed by atoms with Crippen LogP contribution in [0, 0.1) is 0 Å². The lowest BCUT2D eigenvalue weighted by Crippen LogP contribution is -2.31. The van der Waals surface area contributed by atoms with E-state index in [1.54, 1.807) is 6.20 Å². The van der Waals surface area contributed by atoms with Crippen LogP contribution in [0.5, 0.6) is 0 Å². The van der Waals surface area contributed by atoms with E-state index in [1.807, 2.05) is 23.1 Å². The fourth-order valence-corrected chi connectivity index (χ4v) is 2.02. The minimum absolute atomic E-state index is 0.844. The van der Waals surface area contributed by atoms with Crippen LogP contribution in [0.4, 0.5) is 0 Å². The first-order valence-electron chi connectivity index (χ1n) is 6.54. The molecule has 18 heavy (non-hydrogen) atoms. The van der Waals surface area contributed by atoms with Gasteiger partial charge in [0.2, 0.25) is 0 Å². The molecule has 2 rings (SSSR count). The molecule has 0 aliphatic carbocycles. The lowest BCUT2D eigenvalue weighted by molar-refractivity contribution is 0.302.